The van der Waals surface area contributed by atoms with Crippen molar-refractivity contribution in [2.24, 2.45) is 0 Å². The van der Waals surface area contributed by atoms with E-state index in [9.17, 15) is 0 Å². The molecule has 2 N–H and O–H groups in total. The number of nitrogen functional groups attached to an aromatic ring is 1. The monoisotopic (exact) mass is 274 g/mol. The van der Waals surface area contributed by atoms with Gasteiger partial charge in [0.15, 0.2) is 5.75 Å². The molecule has 3 nitrogen and oxygen atoms in total. The highest BCUT2D eigenvalue weighted by Gasteiger charge is 2.10. The Kier molecular flexibility index (Phi) is 4.32. The van der Waals surface area contributed by atoms with Crippen LogP contribution in [-0.4, -0.2) is 17.3 Å². The molecule has 0 fully saturated rings. The van der Waals surface area contributed by atoms with Gasteiger partial charge in [-0.15, -0.1) is 11.8 Å². The van der Waals surface area contributed by atoms with Gasteiger partial charge in [-0.1, -0.05) is 19.9 Å². The van der Waals surface area contributed by atoms with Crippen LogP contribution in [0.25, 0.3) is 11.3 Å². The lowest BCUT2D eigenvalue weighted by Gasteiger charge is -2.11. The van der Waals surface area contributed by atoms with E-state index in [1.54, 1.807) is 18.9 Å². The smallest absolute Gasteiger partial charge is 0.151 e. The van der Waals surface area contributed by atoms with E-state index in [2.05, 4.69) is 24.9 Å². The number of nitrogens with zero attached hydrogens (tertiary/aromatic N) is 1. The van der Waals surface area contributed by atoms with Crippen molar-refractivity contribution in [3.8, 4) is 17.0 Å². The van der Waals surface area contributed by atoms with Gasteiger partial charge in [0.25, 0.3) is 0 Å². The second-order valence-electron chi connectivity index (χ2n) is 4.47. The molecule has 0 saturated carbocycles. The summed E-state index contributed by atoms with van der Waals surface area (Å²) in [6, 6.07) is 9.78. The van der Waals surface area contributed by atoms with Gasteiger partial charge in [-0.25, -0.2) is 0 Å². The molecule has 0 radical (unpaired) electrons. The molecule has 2 rings (SSSR count). The number of thioether (sulfide) groups is 1. The molecule has 1 aromatic carbocycles. The van der Waals surface area contributed by atoms with Crippen LogP contribution < -0.4 is 10.5 Å². The van der Waals surface area contributed by atoms with Gasteiger partial charge in [-0.3, -0.25) is 4.98 Å². The minimum Gasteiger partial charge on any atom is -0.494 e. The zero-order valence-electron chi connectivity index (χ0n) is 11.4. The number of hydrogen-bond acceptors (Lipinski definition) is 4. The van der Waals surface area contributed by atoms with Gasteiger partial charge in [-0.05, 0) is 24.3 Å². The van der Waals surface area contributed by atoms with Gasteiger partial charge in [-0.2, -0.15) is 0 Å². The van der Waals surface area contributed by atoms with E-state index in [0.717, 1.165) is 11.3 Å². The second kappa shape index (κ2) is 5.97. The molecule has 100 valence electrons. The first kappa shape index (κ1) is 13.7. The van der Waals surface area contributed by atoms with E-state index in [-0.39, 0.29) is 0 Å². The SMILES string of the molecule is COc1c(N)cccc1-c1ccc(SC(C)C)cn1. The number of ether oxygens (including phenoxy) is 1. The van der Waals surface area contributed by atoms with Gasteiger partial charge in [0.05, 0.1) is 18.5 Å². The quantitative estimate of drug-likeness (QED) is 0.679. The molecule has 0 unspecified atom stereocenters. The Hall–Kier alpha value is -1.68. The Balaban J connectivity index is 2.35. The largest absolute Gasteiger partial charge is 0.494 e. The average molecular weight is 274 g/mol. The van der Waals surface area contributed by atoms with Crippen molar-refractivity contribution in [3.05, 3.63) is 36.5 Å². The summed E-state index contributed by atoms with van der Waals surface area (Å²) < 4.78 is 5.36. The predicted octanol–water partition coefficient (Wildman–Crippen LogP) is 3.84. The summed E-state index contributed by atoms with van der Waals surface area (Å²) in [6.45, 7) is 4.33. The molecule has 0 bridgehead atoms. The maximum absolute atomic E-state index is 5.91. The summed E-state index contributed by atoms with van der Waals surface area (Å²) >= 11 is 1.80. The van der Waals surface area contributed by atoms with Gasteiger partial charge in [0.2, 0.25) is 0 Å². The fraction of sp³-hybridized carbons (Fsp3) is 0.267. The third-order valence-corrected chi connectivity index (χ3v) is 3.62. The molecule has 0 amide bonds. The normalized spacial score (nSPS) is 10.7. The van der Waals surface area contributed by atoms with Crippen molar-refractivity contribution in [2.75, 3.05) is 12.8 Å². The fourth-order valence-corrected chi connectivity index (χ4v) is 2.67. The van der Waals surface area contributed by atoms with Crippen molar-refractivity contribution >= 4 is 17.4 Å². The van der Waals surface area contributed by atoms with Crippen molar-refractivity contribution in [1.29, 1.82) is 0 Å². The highest BCUT2D eigenvalue weighted by molar-refractivity contribution is 7.99. The first-order chi connectivity index (χ1) is 9.11. The van der Waals surface area contributed by atoms with Crippen LogP contribution in [0.5, 0.6) is 5.75 Å². The maximum atomic E-state index is 5.91. The summed E-state index contributed by atoms with van der Waals surface area (Å²) in [5.41, 5.74) is 8.33. The lowest BCUT2D eigenvalue weighted by atomic mass is 10.1. The zero-order chi connectivity index (χ0) is 13.8. The minimum atomic E-state index is 0.551. The number of rotatable bonds is 4. The number of aromatic nitrogens is 1. The fourth-order valence-electron chi connectivity index (χ4n) is 1.87. The van der Waals surface area contributed by atoms with Crippen LogP contribution in [0.3, 0.4) is 0 Å². The van der Waals surface area contributed by atoms with Crippen LogP contribution in [0, 0.1) is 0 Å². The molecular weight excluding hydrogens is 256 g/mol. The Morgan fingerprint density at radius 3 is 2.58 bits per heavy atom. The minimum absolute atomic E-state index is 0.551. The first-order valence-electron chi connectivity index (χ1n) is 6.17. The molecule has 0 atom stereocenters. The van der Waals surface area contributed by atoms with E-state index >= 15 is 0 Å². The number of anilines is 1. The highest BCUT2D eigenvalue weighted by atomic mass is 32.2. The Morgan fingerprint density at radius 1 is 1.21 bits per heavy atom. The van der Waals surface area contributed by atoms with E-state index < -0.39 is 0 Å². The molecule has 0 spiro atoms. The van der Waals surface area contributed by atoms with Gasteiger partial charge in [0.1, 0.15) is 0 Å². The highest BCUT2D eigenvalue weighted by Crippen LogP contribution is 2.34. The van der Waals surface area contributed by atoms with Crippen LogP contribution in [0.1, 0.15) is 13.8 Å². The third-order valence-electron chi connectivity index (χ3n) is 2.63. The van der Waals surface area contributed by atoms with E-state index in [4.69, 9.17) is 10.5 Å². The summed E-state index contributed by atoms with van der Waals surface area (Å²) in [4.78, 5) is 5.66. The standard InChI is InChI=1S/C15H18N2OS/c1-10(2)19-11-7-8-14(17-9-11)12-5-4-6-13(16)15(12)18-3/h4-10H,16H2,1-3H3. The number of nitrogens with two attached hydrogens (primary N) is 1. The van der Waals surface area contributed by atoms with Crippen LogP contribution >= 0.6 is 11.8 Å². The molecular formula is C15H18N2OS. The lowest BCUT2D eigenvalue weighted by molar-refractivity contribution is 0.418. The summed E-state index contributed by atoms with van der Waals surface area (Å²) in [5.74, 6) is 0.680. The van der Waals surface area contributed by atoms with Gasteiger partial charge in [0, 0.05) is 21.9 Å². The number of para-hydroxylation sites is 1. The Morgan fingerprint density at radius 2 is 2.00 bits per heavy atom. The number of benzene rings is 1. The van der Waals surface area contributed by atoms with Crippen LogP contribution in [0.2, 0.25) is 0 Å². The molecule has 0 aliphatic carbocycles. The van der Waals surface area contributed by atoms with Crippen molar-refractivity contribution in [1.82, 2.24) is 4.98 Å². The Bertz CT molecular complexity index is 553. The number of pyridine rings is 1. The Labute approximate surface area is 118 Å². The molecule has 1 aromatic heterocycles. The molecule has 0 aliphatic heterocycles. The molecule has 19 heavy (non-hydrogen) atoms. The lowest BCUT2D eigenvalue weighted by Crippen LogP contribution is -1.96. The topological polar surface area (TPSA) is 48.1 Å². The van der Waals surface area contributed by atoms with Crippen molar-refractivity contribution < 1.29 is 4.74 Å². The zero-order valence-corrected chi connectivity index (χ0v) is 12.2. The molecule has 4 heteroatoms. The predicted molar refractivity (Wildman–Crippen MR) is 81.6 cm³/mol. The molecule has 2 aromatic rings. The van der Waals surface area contributed by atoms with Crippen molar-refractivity contribution in [2.45, 2.75) is 24.0 Å². The summed E-state index contributed by atoms with van der Waals surface area (Å²) in [7, 11) is 1.62. The summed E-state index contributed by atoms with van der Waals surface area (Å²) in [6.07, 6.45) is 1.89. The third kappa shape index (κ3) is 3.20. The van der Waals surface area contributed by atoms with Crippen LogP contribution in [0.15, 0.2) is 41.4 Å². The average Bonchev–Trinajstić information content (AvgIpc) is 2.38. The van der Waals surface area contributed by atoms with Gasteiger partial charge >= 0.3 is 0 Å². The number of hydrogen-bond donors (Lipinski definition) is 1. The van der Waals surface area contributed by atoms with Gasteiger partial charge < -0.3 is 10.5 Å². The van der Waals surface area contributed by atoms with E-state index in [1.807, 2.05) is 30.5 Å². The first-order valence-corrected chi connectivity index (χ1v) is 7.05. The van der Waals surface area contributed by atoms with E-state index in [1.165, 1.54) is 4.90 Å². The molecule has 0 saturated heterocycles. The maximum Gasteiger partial charge on any atom is 0.151 e. The summed E-state index contributed by atoms with van der Waals surface area (Å²) in [5, 5.41) is 0.551. The second-order valence-corrected chi connectivity index (χ2v) is 6.12. The van der Waals surface area contributed by atoms with Crippen LogP contribution in [-0.2, 0) is 0 Å². The molecule has 0 aliphatic rings. The number of methoxy groups -OCH3 is 1. The van der Waals surface area contributed by atoms with E-state index in [0.29, 0.717) is 16.7 Å². The molecule has 1 heterocycles. The van der Waals surface area contributed by atoms with Crippen molar-refractivity contribution in [3.63, 3.8) is 0 Å². The van der Waals surface area contributed by atoms with Crippen LogP contribution in [0.4, 0.5) is 5.69 Å².